The smallest absolute Gasteiger partial charge is 0.157 e. The Kier molecular flexibility index (Phi) is 3.83. The number of hydrogen-bond acceptors (Lipinski definition) is 3. The van der Waals surface area contributed by atoms with Gasteiger partial charge in [0.05, 0.1) is 6.04 Å². The molecule has 0 radical (unpaired) electrons. The van der Waals surface area contributed by atoms with Crippen LogP contribution >= 0.6 is 11.8 Å². The molecule has 0 saturated carbocycles. The highest BCUT2D eigenvalue weighted by Crippen LogP contribution is 2.17. The van der Waals surface area contributed by atoms with Crippen LogP contribution < -0.4 is 5.32 Å². The topological polar surface area (TPSA) is 24.4 Å². The van der Waals surface area contributed by atoms with Gasteiger partial charge in [0.1, 0.15) is 5.82 Å². The van der Waals surface area contributed by atoms with Crippen molar-refractivity contribution in [3.05, 3.63) is 35.6 Å². The lowest BCUT2D eigenvalue weighted by Crippen LogP contribution is -2.26. The highest BCUT2D eigenvalue weighted by Gasteiger charge is 2.11. The second kappa shape index (κ2) is 5.34. The first-order valence-corrected chi connectivity index (χ1v) is 6.43. The molecule has 1 N–H and O–H groups in total. The maximum atomic E-state index is 13.0. The second-order valence-electron chi connectivity index (χ2n) is 3.81. The molecule has 0 aliphatic carbocycles. The number of nitrogens with one attached hydrogen (secondary N) is 1. The van der Waals surface area contributed by atoms with Crippen molar-refractivity contribution in [1.82, 2.24) is 5.32 Å². The molecule has 16 heavy (non-hydrogen) atoms. The number of thioether (sulfide) groups is 1. The number of nitrogens with zero attached hydrogens (tertiary/aromatic N) is 1. The van der Waals surface area contributed by atoms with Gasteiger partial charge in [0.2, 0.25) is 0 Å². The van der Waals surface area contributed by atoms with E-state index in [0.717, 1.165) is 29.4 Å². The van der Waals surface area contributed by atoms with Gasteiger partial charge in [-0.25, -0.2) is 4.39 Å². The van der Waals surface area contributed by atoms with Crippen LogP contribution in [0.3, 0.4) is 0 Å². The predicted octanol–water partition coefficient (Wildman–Crippen LogP) is 2.97. The van der Waals surface area contributed by atoms with E-state index in [1.54, 1.807) is 23.9 Å². The van der Waals surface area contributed by atoms with Gasteiger partial charge in [0.15, 0.2) is 5.17 Å². The Balaban J connectivity index is 2.02. The van der Waals surface area contributed by atoms with Gasteiger partial charge >= 0.3 is 0 Å². The number of aliphatic imine (C=N–C) groups is 1. The van der Waals surface area contributed by atoms with Crippen molar-refractivity contribution < 1.29 is 4.39 Å². The molecular formula is C12H15FN2S. The zero-order chi connectivity index (χ0) is 11.4. The molecule has 1 aromatic rings. The summed E-state index contributed by atoms with van der Waals surface area (Å²) in [6, 6.07) is 6.78. The highest BCUT2D eigenvalue weighted by atomic mass is 32.2. The average molecular weight is 238 g/mol. The zero-order valence-electron chi connectivity index (χ0n) is 9.24. The van der Waals surface area contributed by atoms with Crippen molar-refractivity contribution >= 4 is 16.9 Å². The van der Waals surface area contributed by atoms with Gasteiger partial charge in [-0.2, -0.15) is 0 Å². The van der Waals surface area contributed by atoms with Crippen LogP contribution in [-0.2, 0) is 0 Å². The minimum Gasteiger partial charge on any atom is -0.358 e. The minimum atomic E-state index is -0.190. The van der Waals surface area contributed by atoms with Crippen LogP contribution in [0.1, 0.15) is 24.9 Å². The van der Waals surface area contributed by atoms with E-state index < -0.39 is 0 Å². The first-order chi connectivity index (χ1) is 7.75. The molecule has 0 aromatic heterocycles. The Bertz CT molecular complexity index is 392. The molecule has 0 spiro atoms. The summed E-state index contributed by atoms with van der Waals surface area (Å²) < 4.78 is 13.0. The van der Waals surface area contributed by atoms with Crippen LogP contribution in [0.4, 0.5) is 4.39 Å². The van der Waals surface area contributed by atoms with Crippen molar-refractivity contribution in [2.45, 2.75) is 19.4 Å². The summed E-state index contributed by atoms with van der Waals surface area (Å²) >= 11 is 1.74. The highest BCUT2D eigenvalue weighted by molar-refractivity contribution is 8.13. The summed E-state index contributed by atoms with van der Waals surface area (Å²) in [6.45, 7) is 2.91. The third-order valence-corrected chi connectivity index (χ3v) is 3.50. The standard InChI is InChI=1S/C12H15FN2S/c1-9(10-4-2-5-11(13)8-10)15-12-14-6-3-7-16-12/h2,4-5,8-9H,3,6-7H2,1H3,(H,14,15). The predicted molar refractivity (Wildman–Crippen MR) is 67.3 cm³/mol. The Labute approximate surface area is 99.3 Å². The SMILES string of the molecule is CC(NC1=NCCCS1)c1cccc(F)c1. The van der Waals surface area contributed by atoms with Gasteiger partial charge in [-0.3, -0.25) is 4.99 Å². The van der Waals surface area contributed by atoms with E-state index in [1.807, 2.05) is 13.0 Å². The first kappa shape index (κ1) is 11.5. The van der Waals surface area contributed by atoms with Gasteiger partial charge in [-0.1, -0.05) is 23.9 Å². The maximum absolute atomic E-state index is 13.0. The molecule has 4 heteroatoms. The molecule has 0 amide bonds. The molecule has 1 heterocycles. The van der Waals surface area contributed by atoms with Crippen molar-refractivity contribution in [2.75, 3.05) is 12.3 Å². The van der Waals surface area contributed by atoms with Crippen molar-refractivity contribution in [3.8, 4) is 0 Å². The van der Waals surface area contributed by atoms with E-state index in [4.69, 9.17) is 0 Å². The second-order valence-corrected chi connectivity index (χ2v) is 4.89. The summed E-state index contributed by atoms with van der Waals surface area (Å²) in [5.74, 6) is 0.922. The lowest BCUT2D eigenvalue weighted by molar-refractivity contribution is 0.618. The molecule has 1 atom stereocenters. The fourth-order valence-corrected chi connectivity index (χ4v) is 2.50. The Morgan fingerprint density at radius 1 is 1.50 bits per heavy atom. The summed E-state index contributed by atoms with van der Waals surface area (Å²) in [6.07, 6.45) is 1.14. The summed E-state index contributed by atoms with van der Waals surface area (Å²) in [7, 11) is 0. The van der Waals surface area contributed by atoms with Gasteiger partial charge in [-0.15, -0.1) is 0 Å². The van der Waals surface area contributed by atoms with E-state index >= 15 is 0 Å². The lowest BCUT2D eigenvalue weighted by atomic mass is 10.1. The third-order valence-electron chi connectivity index (χ3n) is 2.49. The van der Waals surface area contributed by atoms with Gasteiger partial charge in [0.25, 0.3) is 0 Å². The molecule has 0 saturated heterocycles. The maximum Gasteiger partial charge on any atom is 0.157 e. The fourth-order valence-electron chi connectivity index (χ4n) is 1.59. The number of halogens is 1. The van der Waals surface area contributed by atoms with Gasteiger partial charge < -0.3 is 5.32 Å². The van der Waals surface area contributed by atoms with E-state index in [1.165, 1.54) is 6.07 Å². The lowest BCUT2D eigenvalue weighted by Gasteiger charge is -2.19. The van der Waals surface area contributed by atoms with Crippen LogP contribution in [0, 0.1) is 5.82 Å². The number of amidine groups is 1. The van der Waals surface area contributed by atoms with Crippen LogP contribution in [0.15, 0.2) is 29.3 Å². The molecule has 0 fully saturated rings. The molecule has 1 aliphatic heterocycles. The van der Waals surface area contributed by atoms with Crippen LogP contribution in [0.2, 0.25) is 0 Å². The molecule has 0 bridgehead atoms. The summed E-state index contributed by atoms with van der Waals surface area (Å²) in [5, 5.41) is 4.28. The van der Waals surface area contributed by atoms with Crippen LogP contribution in [0.5, 0.6) is 0 Å². The normalized spacial score (nSPS) is 17.8. The quantitative estimate of drug-likeness (QED) is 0.856. The van der Waals surface area contributed by atoms with Crippen LogP contribution in [0.25, 0.3) is 0 Å². The largest absolute Gasteiger partial charge is 0.358 e. The van der Waals surface area contributed by atoms with E-state index in [0.29, 0.717) is 0 Å². The zero-order valence-corrected chi connectivity index (χ0v) is 10.1. The Morgan fingerprint density at radius 2 is 2.38 bits per heavy atom. The molecule has 2 nitrogen and oxygen atoms in total. The molecule has 1 unspecified atom stereocenters. The molecule has 1 aliphatic rings. The van der Waals surface area contributed by atoms with Crippen LogP contribution in [-0.4, -0.2) is 17.5 Å². The molecule has 2 rings (SSSR count). The Morgan fingerprint density at radius 3 is 3.06 bits per heavy atom. The van der Waals surface area contributed by atoms with Gasteiger partial charge in [-0.05, 0) is 31.0 Å². The summed E-state index contributed by atoms with van der Waals surface area (Å²) in [4.78, 5) is 4.39. The molecule has 86 valence electrons. The average Bonchev–Trinajstić information content (AvgIpc) is 2.30. The molecule has 1 aromatic carbocycles. The van der Waals surface area contributed by atoms with Crippen molar-refractivity contribution in [1.29, 1.82) is 0 Å². The van der Waals surface area contributed by atoms with Crippen molar-refractivity contribution in [2.24, 2.45) is 4.99 Å². The van der Waals surface area contributed by atoms with E-state index in [2.05, 4.69) is 10.3 Å². The first-order valence-electron chi connectivity index (χ1n) is 5.45. The monoisotopic (exact) mass is 238 g/mol. The third kappa shape index (κ3) is 2.98. The Hall–Kier alpha value is -1.03. The van der Waals surface area contributed by atoms with E-state index in [9.17, 15) is 4.39 Å². The number of rotatable bonds is 2. The molecular weight excluding hydrogens is 223 g/mol. The number of hydrogen-bond donors (Lipinski definition) is 1. The van der Waals surface area contributed by atoms with Gasteiger partial charge in [0, 0.05) is 12.3 Å². The number of benzene rings is 1. The summed E-state index contributed by atoms with van der Waals surface area (Å²) in [5.41, 5.74) is 0.953. The fraction of sp³-hybridized carbons (Fsp3) is 0.417. The van der Waals surface area contributed by atoms with E-state index in [-0.39, 0.29) is 11.9 Å². The van der Waals surface area contributed by atoms with Crippen molar-refractivity contribution in [3.63, 3.8) is 0 Å². The minimum absolute atomic E-state index is 0.0973.